The van der Waals surface area contributed by atoms with Crippen LogP contribution in [0.3, 0.4) is 0 Å². The number of carbonyl (C=O) groups excluding carboxylic acids is 1. The molecule has 0 aliphatic heterocycles. The topological polar surface area (TPSA) is 56.5 Å². The molecule has 3 rings (SSSR count). The average Bonchev–Trinajstić information content (AvgIpc) is 3.00. The number of hydrogen-bond donors (Lipinski definition) is 0. The Hall–Kier alpha value is -1.79. The maximum Gasteiger partial charge on any atom is 0.316 e. The Kier molecular flexibility index (Phi) is 5.81. The lowest BCUT2D eigenvalue weighted by Gasteiger charge is -2.08. The standard InChI is InChI=1S/C18H20ClN3O2S/c1-3-4-5-8-24-17(23)11-25-18-21-20-16-9-12(2)14-10-13(19)6-7-15(14)22(16)18/h6-7,9-10H,3-5,8,11H2,1-2H3. The third-order valence-electron chi connectivity index (χ3n) is 3.96. The van der Waals surface area contributed by atoms with Gasteiger partial charge in [-0.2, -0.15) is 0 Å². The number of hydrogen-bond acceptors (Lipinski definition) is 5. The number of pyridine rings is 1. The van der Waals surface area contributed by atoms with Crippen LogP contribution in [0.4, 0.5) is 0 Å². The number of unbranched alkanes of at least 4 members (excludes halogenated alkanes) is 2. The number of carbonyl (C=O) groups is 1. The third-order valence-corrected chi connectivity index (χ3v) is 5.10. The highest BCUT2D eigenvalue weighted by atomic mass is 35.5. The summed E-state index contributed by atoms with van der Waals surface area (Å²) in [5, 5.41) is 10.9. The second-order valence-corrected chi connectivity index (χ2v) is 7.26. The first kappa shape index (κ1) is 18.0. The minimum absolute atomic E-state index is 0.218. The number of esters is 1. The van der Waals surface area contributed by atoms with Crippen molar-refractivity contribution in [1.29, 1.82) is 0 Å². The van der Waals surface area contributed by atoms with E-state index in [0.29, 0.717) is 16.8 Å². The Morgan fingerprint density at radius 2 is 2.12 bits per heavy atom. The molecule has 0 saturated heterocycles. The summed E-state index contributed by atoms with van der Waals surface area (Å²) in [7, 11) is 0. The van der Waals surface area contributed by atoms with Gasteiger partial charge in [0.25, 0.3) is 0 Å². The predicted molar refractivity (Wildman–Crippen MR) is 101 cm³/mol. The SMILES string of the molecule is CCCCCOC(=O)CSc1nnc2cc(C)c3cc(Cl)ccc3n12. The zero-order chi connectivity index (χ0) is 17.8. The van der Waals surface area contributed by atoms with E-state index in [0.717, 1.165) is 41.4 Å². The van der Waals surface area contributed by atoms with Crippen molar-refractivity contribution in [2.24, 2.45) is 0 Å². The van der Waals surface area contributed by atoms with E-state index in [-0.39, 0.29) is 11.7 Å². The zero-order valence-electron chi connectivity index (χ0n) is 14.3. The summed E-state index contributed by atoms with van der Waals surface area (Å²) in [6.45, 7) is 4.62. The molecule has 0 saturated carbocycles. The van der Waals surface area contributed by atoms with Crippen LogP contribution in [0.2, 0.25) is 5.02 Å². The van der Waals surface area contributed by atoms with Crippen molar-refractivity contribution in [3.8, 4) is 0 Å². The number of halogens is 1. The smallest absolute Gasteiger partial charge is 0.316 e. The minimum atomic E-state index is -0.225. The molecule has 0 spiro atoms. The summed E-state index contributed by atoms with van der Waals surface area (Å²) < 4.78 is 7.19. The van der Waals surface area contributed by atoms with Crippen LogP contribution >= 0.6 is 23.4 Å². The van der Waals surface area contributed by atoms with Crippen LogP contribution in [0, 0.1) is 6.92 Å². The monoisotopic (exact) mass is 377 g/mol. The largest absolute Gasteiger partial charge is 0.465 e. The first-order chi connectivity index (χ1) is 12.1. The average molecular weight is 378 g/mol. The van der Waals surface area contributed by atoms with Gasteiger partial charge in [0.2, 0.25) is 0 Å². The molecule has 0 aliphatic carbocycles. The maximum absolute atomic E-state index is 11.9. The van der Waals surface area contributed by atoms with E-state index in [4.69, 9.17) is 16.3 Å². The van der Waals surface area contributed by atoms with Gasteiger partial charge in [0.15, 0.2) is 10.8 Å². The van der Waals surface area contributed by atoms with E-state index in [1.807, 2.05) is 35.6 Å². The lowest BCUT2D eigenvalue weighted by Crippen LogP contribution is -2.09. The molecule has 132 valence electrons. The van der Waals surface area contributed by atoms with Crippen LogP contribution in [0.15, 0.2) is 29.4 Å². The van der Waals surface area contributed by atoms with Gasteiger partial charge in [0.1, 0.15) is 0 Å². The molecule has 0 amide bonds. The molecule has 7 heteroatoms. The van der Waals surface area contributed by atoms with Crippen LogP contribution < -0.4 is 0 Å². The number of nitrogens with zero attached hydrogens (tertiary/aromatic N) is 3. The lowest BCUT2D eigenvalue weighted by atomic mass is 10.1. The second-order valence-electron chi connectivity index (χ2n) is 5.88. The van der Waals surface area contributed by atoms with Gasteiger partial charge in [-0.3, -0.25) is 9.20 Å². The molecule has 3 aromatic rings. The van der Waals surface area contributed by atoms with Crippen LogP contribution in [-0.4, -0.2) is 32.9 Å². The van der Waals surface area contributed by atoms with Crippen molar-refractivity contribution in [2.75, 3.05) is 12.4 Å². The molecule has 2 heterocycles. The van der Waals surface area contributed by atoms with E-state index in [1.165, 1.54) is 11.8 Å². The molecule has 1 aromatic carbocycles. The molecule has 2 aromatic heterocycles. The fourth-order valence-corrected chi connectivity index (χ4v) is 3.61. The van der Waals surface area contributed by atoms with E-state index >= 15 is 0 Å². The highest BCUT2D eigenvalue weighted by Crippen LogP contribution is 2.27. The first-order valence-corrected chi connectivity index (χ1v) is 9.69. The summed E-state index contributed by atoms with van der Waals surface area (Å²) in [5.41, 5.74) is 2.82. The number of ether oxygens (including phenoxy) is 1. The van der Waals surface area contributed by atoms with Crippen LogP contribution in [0.5, 0.6) is 0 Å². The van der Waals surface area contributed by atoms with Gasteiger partial charge >= 0.3 is 5.97 Å². The van der Waals surface area contributed by atoms with Crippen molar-refractivity contribution < 1.29 is 9.53 Å². The van der Waals surface area contributed by atoms with Crippen molar-refractivity contribution >= 4 is 45.9 Å². The van der Waals surface area contributed by atoms with Crippen LogP contribution in [-0.2, 0) is 9.53 Å². The lowest BCUT2D eigenvalue weighted by molar-refractivity contribution is -0.140. The van der Waals surface area contributed by atoms with Gasteiger partial charge in [-0.25, -0.2) is 0 Å². The molecule has 0 aliphatic rings. The van der Waals surface area contributed by atoms with Crippen molar-refractivity contribution in [3.63, 3.8) is 0 Å². The molecule has 0 radical (unpaired) electrons. The molecular formula is C18H20ClN3O2S. The molecule has 5 nitrogen and oxygen atoms in total. The predicted octanol–water partition coefficient (Wildman–Crippen LogP) is 4.67. The molecule has 25 heavy (non-hydrogen) atoms. The van der Waals surface area contributed by atoms with E-state index < -0.39 is 0 Å². The Labute approximate surface area is 155 Å². The number of aromatic nitrogens is 3. The quantitative estimate of drug-likeness (QED) is 0.340. The second kappa shape index (κ2) is 8.06. The molecule has 0 atom stereocenters. The summed E-state index contributed by atoms with van der Waals surface area (Å²) >= 11 is 7.46. The normalized spacial score (nSPS) is 11.3. The minimum Gasteiger partial charge on any atom is -0.465 e. The first-order valence-electron chi connectivity index (χ1n) is 8.32. The molecule has 0 N–H and O–H groups in total. The molecule has 0 bridgehead atoms. The summed E-state index contributed by atoms with van der Waals surface area (Å²) in [6, 6.07) is 7.70. The van der Waals surface area contributed by atoms with Crippen LogP contribution in [0.25, 0.3) is 16.6 Å². The van der Waals surface area contributed by atoms with Crippen molar-refractivity contribution in [3.05, 3.63) is 34.9 Å². The highest BCUT2D eigenvalue weighted by Gasteiger charge is 2.14. The van der Waals surface area contributed by atoms with Crippen molar-refractivity contribution in [1.82, 2.24) is 14.6 Å². The van der Waals surface area contributed by atoms with Gasteiger partial charge in [0, 0.05) is 10.4 Å². The van der Waals surface area contributed by atoms with Gasteiger partial charge in [-0.15, -0.1) is 10.2 Å². The van der Waals surface area contributed by atoms with Crippen LogP contribution in [0.1, 0.15) is 31.7 Å². The summed E-state index contributed by atoms with van der Waals surface area (Å²) in [6.07, 6.45) is 3.09. The van der Waals surface area contributed by atoms with Crippen molar-refractivity contribution in [2.45, 2.75) is 38.3 Å². The number of aryl methyl sites for hydroxylation is 1. The summed E-state index contributed by atoms with van der Waals surface area (Å²) in [5.74, 6) is -0.00658. The highest BCUT2D eigenvalue weighted by molar-refractivity contribution is 7.99. The third kappa shape index (κ3) is 4.07. The van der Waals surface area contributed by atoms with Gasteiger partial charge in [-0.1, -0.05) is 43.1 Å². The Morgan fingerprint density at radius 3 is 2.92 bits per heavy atom. The van der Waals surface area contributed by atoms with Gasteiger partial charge < -0.3 is 4.74 Å². The molecule has 0 unspecified atom stereocenters. The maximum atomic E-state index is 11.9. The Balaban J connectivity index is 1.80. The van der Waals surface area contributed by atoms with E-state index in [9.17, 15) is 4.79 Å². The number of benzene rings is 1. The number of thioether (sulfide) groups is 1. The fourth-order valence-electron chi connectivity index (χ4n) is 2.69. The van der Waals surface area contributed by atoms with E-state index in [1.54, 1.807) is 0 Å². The van der Waals surface area contributed by atoms with Gasteiger partial charge in [-0.05, 0) is 43.2 Å². The van der Waals surface area contributed by atoms with Gasteiger partial charge in [0.05, 0.1) is 17.9 Å². The number of rotatable bonds is 7. The Bertz CT molecular complexity index is 910. The Morgan fingerprint density at radius 1 is 1.28 bits per heavy atom. The fraction of sp³-hybridized carbons (Fsp3) is 0.389. The summed E-state index contributed by atoms with van der Waals surface area (Å²) in [4.78, 5) is 11.9. The molecule has 0 fully saturated rings. The number of fused-ring (bicyclic) bond motifs is 3. The van der Waals surface area contributed by atoms with E-state index in [2.05, 4.69) is 17.1 Å². The zero-order valence-corrected chi connectivity index (χ0v) is 15.9. The molecular weight excluding hydrogens is 358 g/mol.